The van der Waals surface area contributed by atoms with Crippen LogP contribution >= 0.6 is 0 Å². The molecule has 0 saturated carbocycles. The number of unbranched alkanes of at least 4 members (excludes halogenated alkanes) is 2. The van der Waals surface area contributed by atoms with E-state index in [0.29, 0.717) is 46.8 Å². The summed E-state index contributed by atoms with van der Waals surface area (Å²) in [5.41, 5.74) is 2.32. The molecule has 0 saturated heterocycles. The standard InChI is InChI=1S/C32H34O7/c1-4-6-8-30(34)37-26-15-11-24(12-16-26)28(33)21-23-10-19-29(22(3)20-23)39-32(36)25-13-17-27(18-14-25)38-31(35)9-7-5-2/h10-20H,4-9,21H2,1-3H3. The summed E-state index contributed by atoms with van der Waals surface area (Å²) >= 11 is 0. The van der Waals surface area contributed by atoms with Crippen LogP contribution in [-0.2, 0) is 16.0 Å². The maximum absolute atomic E-state index is 12.8. The Labute approximate surface area is 229 Å². The number of ketones is 1. The van der Waals surface area contributed by atoms with E-state index in [1.807, 2.05) is 19.9 Å². The van der Waals surface area contributed by atoms with Crippen molar-refractivity contribution in [1.29, 1.82) is 0 Å². The number of hydrogen-bond donors (Lipinski definition) is 0. The Morgan fingerprint density at radius 2 is 1.15 bits per heavy atom. The van der Waals surface area contributed by atoms with Crippen LogP contribution in [0.5, 0.6) is 17.2 Å². The van der Waals surface area contributed by atoms with Crippen LogP contribution in [0.3, 0.4) is 0 Å². The number of rotatable bonds is 13. The van der Waals surface area contributed by atoms with Gasteiger partial charge in [0, 0.05) is 24.8 Å². The monoisotopic (exact) mass is 530 g/mol. The van der Waals surface area contributed by atoms with Crippen LogP contribution in [0.25, 0.3) is 0 Å². The second-order valence-corrected chi connectivity index (χ2v) is 9.29. The van der Waals surface area contributed by atoms with Gasteiger partial charge in [-0.25, -0.2) is 4.79 Å². The lowest BCUT2D eigenvalue weighted by Gasteiger charge is -2.10. The van der Waals surface area contributed by atoms with E-state index < -0.39 is 5.97 Å². The molecule has 39 heavy (non-hydrogen) atoms. The van der Waals surface area contributed by atoms with Crippen molar-refractivity contribution in [2.75, 3.05) is 0 Å². The largest absolute Gasteiger partial charge is 0.427 e. The lowest BCUT2D eigenvalue weighted by Crippen LogP contribution is -2.11. The molecule has 0 heterocycles. The number of carbonyl (C=O) groups is 4. The second kappa shape index (κ2) is 14.6. The zero-order chi connectivity index (χ0) is 28.2. The first kappa shape index (κ1) is 29.3. The van der Waals surface area contributed by atoms with Crippen LogP contribution in [0, 0.1) is 6.92 Å². The van der Waals surface area contributed by atoms with E-state index in [0.717, 1.165) is 31.2 Å². The van der Waals surface area contributed by atoms with Crippen molar-refractivity contribution in [3.63, 3.8) is 0 Å². The Morgan fingerprint density at radius 1 is 0.641 bits per heavy atom. The van der Waals surface area contributed by atoms with Crippen LogP contribution in [0.15, 0.2) is 66.7 Å². The Bertz CT molecular complexity index is 1290. The van der Waals surface area contributed by atoms with Gasteiger partial charge in [-0.15, -0.1) is 0 Å². The summed E-state index contributed by atoms with van der Waals surface area (Å²) < 4.78 is 16.1. The van der Waals surface area contributed by atoms with Gasteiger partial charge in [0.05, 0.1) is 5.56 Å². The maximum atomic E-state index is 12.8. The SMILES string of the molecule is CCCCC(=O)Oc1ccc(C(=O)Cc2ccc(OC(=O)c3ccc(OC(=O)CCCC)cc3)c(C)c2)cc1. The fraction of sp³-hybridized carbons (Fsp3) is 0.312. The van der Waals surface area contributed by atoms with Gasteiger partial charge in [-0.3, -0.25) is 14.4 Å². The van der Waals surface area contributed by atoms with Gasteiger partial charge in [-0.1, -0.05) is 38.8 Å². The molecule has 0 amide bonds. The molecule has 3 aromatic carbocycles. The second-order valence-electron chi connectivity index (χ2n) is 9.29. The van der Waals surface area contributed by atoms with Crippen LogP contribution in [0.1, 0.15) is 84.2 Å². The Hall–Kier alpha value is -4.26. The van der Waals surface area contributed by atoms with Crippen molar-refractivity contribution in [1.82, 2.24) is 0 Å². The maximum Gasteiger partial charge on any atom is 0.343 e. The van der Waals surface area contributed by atoms with E-state index in [4.69, 9.17) is 14.2 Å². The summed E-state index contributed by atoms with van der Waals surface area (Å²) in [4.78, 5) is 48.9. The highest BCUT2D eigenvalue weighted by atomic mass is 16.5. The van der Waals surface area contributed by atoms with Gasteiger partial charge in [0.25, 0.3) is 0 Å². The van der Waals surface area contributed by atoms with E-state index in [1.165, 1.54) is 0 Å². The van der Waals surface area contributed by atoms with Crippen LogP contribution < -0.4 is 14.2 Å². The molecule has 0 fully saturated rings. The number of esters is 3. The van der Waals surface area contributed by atoms with Gasteiger partial charge in [-0.05, 0) is 85.5 Å². The molecule has 0 bridgehead atoms. The molecular weight excluding hydrogens is 496 g/mol. The normalized spacial score (nSPS) is 10.5. The molecule has 0 aromatic heterocycles. The number of ether oxygens (including phenoxy) is 3. The molecular formula is C32H34O7. The van der Waals surface area contributed by atoms with Crippen molar-refractivity contribution in [2.24, 2.45) is 0 Å². The van der Waals surface area contributed by atoms with Crippen molar-refractivity contribution >= 4 is 23.7 Å². The first-order valence-corrected chi connectivity index (χ1v) is 13.3. The van der Waals surface area contributed by atoms with Crippen LogP contribution in [-0.4, -0.2) is 23.7 Å². The van der Waals surface area contributed by atoms with Gasteiger partial charge in [-0.2, -0.15) is 0 Å². The molecule has 204 valence electrons. The number of hydrogen-bond acceptors (Lipinski definition) is 7. The van der Waals surface area contributed by atoms with Crippen molar-refractivity contribution in [2.45, 2.75) is 65.7 Å². The van der Waals surface area contributed by atoms with Crippen LogP contribution in [0.2, 0.25) is 0 Å². The molecule has 0 aliphatic carbocycles. The number of benzene rings is 3. The molecule has 0 aliphatic rings. The van der Waals surface area contributed by atoms with Crippen molar-refractivity contribution in [3.8, 4) is 17.2 Å². The number of aryl methyl sites for hydroxylation is 1. The lowest BCUT2D eigenvalue weighted by molar-refractivity contribution is -0.135. The first-order valence-electron chi connectivity index (χ1n) is 13.3. The predicted octanol–water partition coefficient (Wildman–Crippen LogP) is 6.83. The highest BCUT2D eigenvalue weighted by Crippen LogP contribution is 2.23. The Morgan fingerprint density at radius 3 is 1.64 bits per heavy atom. The summed E-state index contributed by atoms with van der Waals surface area (Å²) in [6.45, 7) is 5.81. The zero-order valence-corrected chi connectivity index (χ0v) is 22.7. The minimum absolute atomic E-state index is 0.0847. The third-order valence-electron chi connectivity index (χ3n) is 6.01. The fourth-order valence-corrected chi connectivity index (χ4v) is 3.76. The molecule has 0 atom stereocenters. The molecule has 0 radical (unpaired) electrons. The topological polar surface area (TPSA) is 96.0 Å². The zero-order valence-electron chi connectivity index (χ0n) is 22.7. The van der Waals surface area contributed by atoms with Gasteiger partial charge in [0.2, 0.25) is 0 Å². The molecule has 3 rings (SSSR count). The van der Waals surface area contributed by atoms with E-state index in [9.17, 15) is 19.2 Å². The fourth-order valence-electron chi connectivity index (χ4n) is 3.76. The Kier molecular flexibility index (Phi) is 11.0. The minimum atomic E-state index is -0.540. The average molecular weight is 531 g/mol. The molecule has 3 aromatic rings. The molecule has 7 nitrogen and oxygen atoms in total. The highest BCUT2D eigenvalue weighted by molar-refractivity contribution is 5.97. The van der Waals surface area contributed by atoms with Crippen molar-refractivity contribution < 1.29 is 33.4 Å². The predicted molar refractivity (Wildman–Crippen MR) is 147 cm³/mol. The van der Waals surface area contributed by atoms with E-state index in [-0.39, 0.29) is 24.1 Å². The molecule has 0 unspecified atom stereocenters. The van der Waals surface area contributed by atoms with E-state index in [1.54, 1.807) is 67.6 Å². The smallest absolute Gasteiger partial charge is 0.343 e. The molecule has 0 aliphatic heterocycles. The summed E-state index contributed by atoms with van der Waals surface area (Å²) in [5.74, 6) is -0.0349. The minimum Gasteiger partial charge on any atom is -0.427 e. The van der Waals surface area contributed by atoms with Gasteiger partial charge < -0.3 is 14.2 Å². The quantitative estimate of drug-likeness (QED) is 0.136. The molecule has 0 spiro atoms. The summed E-state index contributed by atoms with van der Waals surface area (Å²) in [6, 6.07) is 18.0. The summed E-state index contributed by atoms with van der Waals surface area (Å²) in [7, 11) is 0. The van der Waals surface area contributed by atoms with Gasteiger partial charge in [0.1, 0.15) is 17.2 Å². The number of carbonyl (C=O) groups excluding carboxylic acids is 4. The van der Waals surface area contributed by atoms with Gasteiger partial charge in [0.15, 0.2) is 5.78 Å². The average Bonchev–Trinajstić information content (AvgIpc) is 2.93. The number of Topliss-reactive ketones (excluding diaryl/α,β-unsaturated/α-hetero) is 1. The first-order chi connectivity index (χ1) is 18.8. The molecule has 7 heteroatoms. The van der Waals surface area contributed by atoms with Crippen LogP contribution in [0.4, 0.5) is 0 Å². The highest BCUT2D eigenvalue weighted by Gasteiger charge is 2.14. The van der Waals surface area contributed by atoms with Gasteiger partial charge >= 0.3 is 17.9 Å². The van der Waals surface area contributed by atoms with E-state index >= 15 is 0 Å². The summed E-state index contributed by atoms with van der Waals surface area (Å²) in [5, 5.41) is 0. The third-order valence-corrected chi connectivity index (χ3v) is 6.01. The third kappa shape index (κ3) is 9.21. The Balaban J connectivity index is 1.55. The summed E-state index contributed by atoms with van der Waals surface area (Å²) in [6.07, 6.45) is 4.25. The lowest BCUT2D eigenvalue weighted by atomic mass is 10.0. The van der Waals surface area contributed by atoms with E-state index in [2.05, 4.69) is 0 Å². The molecule has 0 N–H and O–H groups in total. The van der Waals surface area contributed by atoms with Crippen molar-refractivity contribution in [3.05, 3.63) is 89.0 Å².